The van der Waals surface area contributed by atoms with Gasteiger partial charge in [-0.1, -0.05) is 6.07 Å². The summed E-state index contributed by atoms with van der Waals surface area (Å²) in [6.45, 7) is 3.96. The van der Waals surface area contributed by atoms with Crippen LogP contribution in [0.3, 0.4) is 0 Å². The molecule has 0 amide bonds. The van der Waals surface area contributed by atoms with Crippen LogP contribution in [0.15, 0.2) is 41.6 Å². The highest BCUT2D eigenvalue weighted by Crippen LogP contribution is 2.19. The molecule has 2 aromatic rings. The zero-order chi connectivity index (χ0) is 14.8. The summed E-state index contributed by atoms with van der Waals surface area (Å²) in [5, 5.41) is 0. The average Bonchev–Trinajstić information content (AvgIpc) is 2.37. The van der Waals surface area contributed by atoms with Crippen molar-refractivity contribution < 1.29 is 8.42 Å². The van der Waals surface area contributed by atoms with Crippen molar-refractivity contribution in [3.8, 4) is 0 Å². The molecular formula is C14H17N3O2S. The van der Waals surface area contributed by atoms with Gasteiger partial charge in [0.15, 0.2) is 0 Å². The predicted octanol–water partition coefficient (Wildman–Crippen LogP) is 1.76. The lowest BCUT2D eigenvalue weighted by Crippen LogP contribution is -2.24. The van der Waals surface area contributed by atoms with Crippen LogP contribution in [-0.2, 0) is 16.6 Å². The molecule has 106 valence electrons. The summed E-state index contributed by atoms with van der Waals surface area (Å²) in [7, 11) is -3.63. The fourth-order valence-corrected chi connectivity index (χ4v) is 2.96. The number of rotatable bonds is 4. The van der Waals surface area contributed by atoms with E-state index in [1.165, 1.54) is 6.07 Å². The Hall–Kier alpha value is -1.92. The van der Waals surface area contributed by atoms with Crippen molar-refractivity contribution in [2.75, 3.05) is 5.73 Å². The van der Waals surface area contributed by atoms with Gasteiger partial charge in [-0.25, -0.2) is 13.1 Å². The molecule has 0 aliphatic heterocycles. The molecule has 1 heterocycles. The van der Waals surface area contributed by atoms with E-state index in [0.717, 1.165) is 16.7 Å². The molecule has 0 unspecified atom stereocenters. The molecule has 0 radical (unpaired) electrons. The Kier molecular flexibility index (Phi) is 4.06. The third-order valence-corrected chi connectivity index (χ3v) is 4.53. The minimum absolute atomic E-state index is 0.102. The summed E-state index contributed by atoms with van der Waals surface area (Å²) in [5.41, 5.74) is 8.77. The number of nitrogens with zero attached hydrogens (tertiary/aromatic N) is 1. The Morgan fingerprint density at radius 1 is 1.25 bits per heavy atom. The third kappa shape index (κ3) is 3.15. The minimum atomic E-state index is -3.63. The molecule has 0 saturated heterocycles. The highest BCUT2D eigenvalue weighted by Gasteiger charge is 2.17. The fourth-order valence-electron chi connectivity index (χ4n) is 1.84. The first-order valence-electron chi connectivity index (χ1n) is 6.15. The van der Waals surface area contributed by atoms with Gasteiger partial charge >= 0.3 is 0 Å². The van der Waals surface area contributed by atoms with Crippen molar-refractivity contribution >= 4 is 15.7 Å². The van der Waals surface area contributed by atoms with Crippen LogP contribution in [0.4, 0.5) is 5.69 Å². The van der Waals surface area contributed by atoms with Gasteiger partial charge in [0, 0.05) is 18.9 Å². The first kappa shape index (κ1) is 14.5. The Balaban J connectivity index is 2.22. The second kappa shape index (κ2) is 5.60. The first-order chi connectivity index (χ1) is 9.40. The summed E-state index contributed by atoms with van der Waals surface area (Å²) in [6, 6.07) is 6.72. The number of benzene rings is 1. The predicted molar refractivity (Wildman–Crippen MR) is 78.6 cm³/mol. The lowest BCUT2D eigenvalue weighted by molar-refractivity contribution is 0.581. The van der Waals surface area contributed by atoms with Crippen LogP contribution in [0.2, 0.25) is 0 Å². The number of aromatic nitrogens is 1. The Morgan fingerprint density at radius 3 is 2.65 bits per heavy atom. The van der Waals surface area contributed by atoms with Crippen LogP contribution in [0.25, 0.3) is 0 Å². The highest BCUT2D eigenvalue weighted by molar-refractivity contribution is 7.89. The summed E-state index contributed by atoms with van der Waals surface area (Å²) in [6.07, 6.45) is 3.32. The molecule has 0 aliphatic rings. The molecule has 6 heteroatoms. The van der Waals surface area contributed by atoms with E-state index < -0.39 is 10.0 Å². The van der Waals surface area contributed by atoms with Gasteiger partial charge in [0.25, 0.3) is 0 Å². The van der Waals surface area contributed by atoms with Crippen LogP contribution in [0.5, 0.6) is 0 Å². The SMILES string of the molecule is Cc1ccc(S(=O)(=O)NCc2cnccc2C)c(N)c1. The Morgan fingerprint density at radius 2 is 2.00 bits per heavy atom. The summed E-state index contributed by atoms with van der Waals surface area (Å²) < 4.78 is 27.0. The molecular weight excluding hydrogens is 274 g/mol. The molecule has 20 heavy (non-hydrogen) atoms. The molecule has 3 N–H and O–H groups in total. The maximum atomic E-state index is 12.2. The van der Waals surface area contributed by atoms with E-state index in [0.29, 0.717) is 0 Å². The lowest BCUT2D eigenvalue weighted by atomic mass is 10.2. The molecule has 0 atom stereocenters. The van der Waals surface area contributed by atoms with Crippen molar-refractivity contribution in [1.82, 2.24) is 9.71 Å². The number of nitrogen functional groups attached to an aromatic ring is 1. The van der Waals surface area contributed by atoms with Crippen LogP contribution >= 0.6 is 0 Å². The van der Waals surface area contributed by atoms with Crippen molar-refractivity contribution in [2.24, 2.45) is 0 Å². The molecule has 2 rings (SSSR count). The molecule has 0 bridgehead atoms. The van der Waals surface area contributed by atoms with Crippen molar-refractivity contribution in [3.05, 3.63) is 53.3 Å². The number of hydrogen-bond donors (Lipinski definition) is 2. The smallest absolute Gasteiger partial charge is 0.242 e. The zero-order valence-electron chi connectivity index (χ0n) is 11.4. The van der Waals surface area contributed by atoms with E-state index in [2.05, 4.69) is 9.71 Å². The van der Waals surface area contributed by atoms with E-state index in [9.17, 15) is 8.42 Å². The number of nitrogens with two attached hydrogens (primary N) is 1. The second-order valence-electron chi connectivity index (χ2n) is 4.67. The number of aryl methyl sites for hydroxylation is 2. The van der Waals surface area contributed by atoms with Gasteiger partial charge < -0.3 is 5.73 Å². The molecule has 5 nitrogen and oxygen atoms in total. The average molecular weight is 291 g/mol. The first-order valence-corrected chi connectivity index (χ1v) is 7.64. The Bertz CT molecular complexity index is 727. The van der Waals surface area contributed by atoms with Gasteiger partial charge in [0.05, 0.1) is 5.69 Å². The lowest BCUT2D eigenvalue weighted by Gasteiger charge is -2.10. The number of anilines is 1. The van der Waals surface area contributed by atoms with E-state index in [-0.39, 0.29) is 17.1 Å². The summed E-state index contributed by atoms with van der Waals surface area (Å²) in [5.74, 6) is 0. The quantitative estimate of drug-likeness (QED) is 0.841. The zero-order valence-corrected chi connectivity index (χ0v) is 12.2. The second-order valence-corrected chi connectivity index (χ2v) is 6.40. The van der Waals surface area contributed by atoms with Gasteiger partial charge in [-0.2, -0.15) is 0 Å². The Labute approximate surface area is 118 Å². The number of sulfonamides is 1. The van der Waals surface area contributed by atoms with Gasteiger partial charge in [-0.05, 0) is 48.7 Å². The summed E-state index contributed by atoms with van der Waals surface area (Å²) in [4.78, 5) is 4.09. The van der Waals surface area contributed by atoms with Gasteiger partial charge in [0.1, 0.15) is 4.90 Å². The van der Waals surface area contributed by atoms with Crippen molar-refractivity contribution in [1.29, 1.82) is 0 Å². The maximum absolute atomic E-state index is 12.2. The van der Waals surface area contributed by atoms with Crippen LogP contribution in [0.1, 0.15) is 16.7 Å². The maximum Gasteiger partial charge on any atom is 0.242 e. The van der Waals surface area contributed by atoms with Crippen LogP contribution < -0.4 is 10.5 Å². The van der Waals surface area contributed by atoms with Crippen molar-refractivity contribution in [2.45, 2.75) is 25.3 Å². The van der Waals surface area contributed by atoms with Gasteiger partial charge in [0.2, 0.25) is 10.0 Å². The molecule has 0 saturated carbocycles. The summed E-state index contributed by atoms with van der Waals surface area (Å²) >= 11 is 0. The van der Waals surface area contributed by atoms with E-state index >= 15 is 0 Å². The molecule has 0 spiro atoms. The van der Waals surface area contributed by atoms with Crippen LogP contribution in [0, 0.1) is 13.8 Å². The van der Waals surface area contributed by atoms with Crippen LogP contribution in [-0.4, -0.2) is 13.4 Å². The topological polar surface area (TPSA) is 85.1 Å². The molecule has 0 aliphatic carbocycles. The third-order valence-electron chi connectivity index (χ3n) is 3.05. The van der Waals surface area contributed by atoms with E-state index in [1.807, 2.05) is 19.9 Å². The number of nitrogens with one attached hydrogen (secondary N) is 1. The highest BCUT2D eigenvalue weighted by atomic mass is 32.2. The van der Waals surface area contributed by atoms with E-state index in [1.54, 1.807) is 24.5 Å². The monoisotopic (exact) mass is 291 g/mol. The number of hydrogen-bond acceptors (Lipinski definition) is 4. The minimum Gasteiger partial charge on any atom is -0.398 e. The normalized spacial score (nSPS) is 11.5. The van der Waals surface area contributed by atoms with E-state index in [4.69, 9.17) is 5.73 Å². The fraction of sp³-hybridized carbons (Fsp3) is 0.214. The van der Waals surface area contributed by atoms with Gasteiger partial charge in [-0.3, -0.25) is 4.98 Å². The molecule has 0 fully saturated rings. The number of pyridine rings is 1. The van der Waals surface area contributed by atoms with Crippen molar-refractivity contribution in [3.63, 3.8) is 0 Å². The van der Waals surface area contributed by atoms with Gasteiger partial charge in [-0.15, -0.1) is 0 Å². The standard InChI is InChI=1S/C14H17N3O2S/c1-10-3-4-14(13(15)7-10)20(18,19)17-9-12-8-16-6-5-11(12)2/h3-8,17H,9,15H2,1-2H3. The molecule has 1 aromatic carbocycles. The molecule has 1 aromatic heterocycles. The largest absolute Gasteiger partial charge is 0.398 e.